The van der Waals surface area contributed by atoms with Crippen molar-refractivity contribution in [1.82, 2.24) is 15.5 Å². The Labute approximate surface area is 145 Å². The zero-order chi connectivity index (χ0) is 18.4. The van der Waals surface area contributed by atoms with E-state index in [4.69, 9.17) is 13.8 Å². The molecule has 0 aromatic heterocycles. The molecule has 1 rings (SSSR count). The Balaban J connectivity index is 0.00000254. The molecule has 1 heterocycles. The molecule has 0 spiro atoms. The smallest absolute Gasteiger partial charge is 0.251 e. The Bertz CT molecular complexity index is 416. The van der Waals surface area contributed by atoms with Gasteiger partial charge in [-0.15, -0.1) is 0 Å². The second-order valence-electron chi connectivity index (χ2n) is 4.39. The van der Waals surface area contributed by atoms with E-state index in [1.165, 1.54) is 6.08 Å². The maximum atomic E-state index is 11.2. The van der Waals surface area contributed by atoms with Crippen LogP contribution >= 0.6 is 8.38 Å². The topological polar surface area (TPSA) is 89.1 Å². The third kappa shape index (κ3) is 9.10. The van der Waals surface area contributed by atoms with Crippen LogP contribution in [0.4, 0.5) is 0 Å². The highest BCUT2D eigenvalue weighted by Gasteiger charge is 2.22. The highest BCUT2D eigenvalue weighted by molar-refractivity contribution is 7.50. The molecule has 2 N–H and O–H groups in total. The van der Waals surface area contributed by atoms with E-state index >= 15 is 0 Å². The molecule has 2 unspecified atom stereocenters. The fourth-order valence-corrected chi connectivity index (χ4v) is 2.48. The summed E-state index contributed by atoms with van der Waals surface area (Å²) in [7, 11) is 3.94. The Hall–Kier alpha value is -1.31. The van der Waals surface area contributed by atoms with E-state index in [1.54, 1.807) is 32.4 Å². The molecule has 0 saturated carbocycles. The van der Waals surface area contributed by atoms with E-state index in [1.807, 2.05) is 31.1 Å². The van der Waals surface area contributed by atoms with Gasteiger partial charge in [-0.3, -0.25) is 14.9 Å². The number of morpholine rings is 1. The molecular formula is C15H28N3O5P. The summed E-state index contributed by atoms with van der Waals surface area (Å²) >= 11 is 0. The van der Waals surface area contributed by atoms with Gasteiger partial charge in [0, 0.05) is 46.6 Å². The molecule has 1 aliphatic heterocycles. The first-order chi connectivity index (χ1) is 11.6. The van der Waals surface area contributed by atoms with Crippen molar-refractivity contribution in [2.75, 3.05) is 34.4 Å². The summed E-state index contributed by atoms with van der Waals surface area (Å²) in [5.41, 5.74) is 0. The first-order valence-corrected chi connectivity index (χ1v) is 8.91. The predicted octanol–water partition coefficient (Wildman–Crippen LogP) is 1.16. The van der Waals surface area contributed by atoms with Crippen molar-refractivity contribution in [1.29, 1.82) is 0 Å². The molecule has 1 saturated heterocycles. The monoisotopic (exact) mass is 361 g/mol. The number of nitrogens with one attached hydrogen (secondary N) is 2. The number of carbonyl (C=O) groups excluding carboxylic acids is 2. The van der Waals surface area contributed by atoms with Crippen LogP contribution in [-0.4, -0.2) is 63.9 Å². The number of likely N-dealkylation sites (N-methyl/N-ethyl adjacent to an activating group) is 1. The third-order valence-electron chi connectivity index (χ3n) is 2.90. The summed E-state index contributed by atoms with van der Waals surface area (Å²) < 4.78 is 16.2. The highest BCUT2D eigenvalue weighted by Crippen LogP contribution is 2.37. The van der Waals surface area contributed by atoms with Gasteiger partial charge in [0.05, 0.1) is 6.10 Å². The van der Waals surface area contributed by atoms with Crippen molar-refractivity contribution in [3.05, 3.63) is 24.2 Å². The van der Waals surface area contributed by atoms with Crippen molar-refractivity contribution < 1.29 is 23.4 Å². The lowest BCUT2D eigenvalue weighted by Crippen LogP contribution is -2.49. The number of imide groups is 1. The maximum Gasteiger partial charge on any atom is 0.251 e. The second kappa shape index (κ2) is 14.1. The van der Waals surface area contributed by atoms with Crippen molar-refractivity contribution in [3.63, 3.8) is 0 Å². The summed E-state index contributed by atoms with van der Waals surface area (Å²) in [6.07, 6.45) is 4.74. The van der Waals surface area contributed by atoms with Gasteiger partial charge < -0.3 is 24.0 Å². The first kappa shape index (κ1) is 22.7. The van der Waals surface area contributed by atoms with E-state index < -0.39 is 14.3 Å². The average Bonchev–Trinajstić information content (AvgIpc) is 2.62. The predicted molar refractivity (Wildman–Crippen MR) is 94.1 cm³/mol. The highest BCUT2D eigenvalue weighted by atomic mass is 31.2. The molecule has 2 atom stereocenters. The molecular weight excluding hydrogens is 333 g/mol. The number of rotatable bonds is 8. The summed E-state index contributed by atoms with van der Waals surface area (Å²) in [4.78, 5) is 23.1. The summed E-state index contributed by atoms with van der Waals surface area (Å²) in [5, 5.41) is 5.29. The van der Waals surface area contributed by atoms with Crippen LogP contribution in [0.3, 0.4) is 0 Å². The van der Waals surface area contributed by atoms with Gasteiger partial charge >= 0.3 is 0 Å². The van der Waals surface area contributed by atoms with Gasteiger partial charge in [0.2, 0.25) is 6.41 Å². The van der Waals surface area contributed by atoms with Crippen LogP contribution in [0.5, 0.6) is 0 Å². The maximum absolute atomic E-state index is 11.2. The third-order valence-corrected chi connectivity index (χ3v) is 4.03. The average molecular weight is 361 g/mol. The normalized spacial score (nSPS) is 20.8. The quantitative estimate of drug-likeness (QED) is 0.381. The molecule has 0 aromatic carbocycles. The number of nitrogens with zero attached hydrogens (tertiary/aromatic N) is 1. The lowest BCUT2D eigenvalue weighted by atomic mass is 10.3. The number of hydrogen-bond donors (Lipinski definition) is 2. The van der Waals surface area contributed by atoms with Crippen LogP contribution in [0.25, 0.3) is 0 Å². The van der Waals surface area contributed by atoms with E-state index in [0.717, 1.165) is 0 Å². The summed E-state index contributed by atoms with van der Waals surface area (Å²) in [6.45, 7) is 5.32. The first-order valence-electron chi connectivity index (χ1n) is 7.67. The largest absolute Gasteiger partial charge is 0.354 e. The lowest BCUT2D eigenvalue weighted by Gasteiger charge is -2.34. The molecule has 0 aliphatic carbocycles. The Morgan fingerprint density at radius 3 is 2.58 bits per heavy atom. The standard InChI is InChI=1S/C13H22N3O5P.C2H6/c1-16(6-4-12(18)15-10-17)13-9-14-8-11(21-13)5-7-22(19-2)20-3;1-2/h4-7,10-11,13-14H,8-9H2,1-3H3,(H,15,17,18);1-2H3/b6-4-,7-5+;. The van der Waals surface area contributed by atoms with E-state index in [9.17, 15) is 9.59 Å². The summed E-state index contributed by atoms with van der Waals surface area (Å²) in [6, 6.07) is 0. The second-order valence-corrected chi connectivity index (χ2v) is 5.99. The van der Waals surface area contributed by atoms with Gasteiger partial charge in [-0.05, 0) is 11.9 Å². The molecule has 2 amide bonds. The Morgan fingerprint density at radius 1 is 1.33 bits per heavy atom. The molecule has 1 aliphatic rings. The lowest BCUT2D eigenvalue weighted by molar-refractivity contribution is -0.121. The van der Waals surface area contributed by atoms with Gasteiger partial charge in [0.1, 0.15) is 6.23 Å². The van der Waals surface area contributed by atoms with Gasteiger partial charge in [0.25, 0.3) is 5.91 Å². The van der Waals surface area contributed by atoms with Crippen molar-refractivity contribution in [3.8, 4) is 0 Å². The van der Waals surface area contributed by atoms with Crippen molar-refractivity contribution in [2.45, 2.75) is 26.2 Å². The molecule has 138 valence electrons. The zero-order valence-corrected chi connectivity index (χ0v) is 15.8. The number of hydrogen-bond acceptors (Lipinski definition) is 7. The molecule has 0 aromatic rings. The fourth-order valence-electron chi connectivity index (χ4n) is 1.75. The van der Waals surface area contributed by atoms with Crippen molar-refractivity contribution in [2.24, 2.45) is 0 Å². The van der Waals surface area contributed by atoms with Crippen LogP contribution in [0.15, 0.2) is 24.2 Å². The Morgan fingerprint density at radius 2 is 2.00 bits per heavy atom. The molecule has 0 bridgehead atoms. The number of ether oxygens (including phenoxy) is 1. The molecule has 8 nitrogen and oxygen atoms in total. The molecule has 9 heteroatoms. The van der Waals surface area contributed by atoms with E-state index in [0.29, 0.717) is 19.5 Å². The van der Waals surface area contributed by atoms with Gasteiger partial charge in [0.15, 0.2) is 8.38 Å². The molecule has 1 fully saturated rings. The van der Waals surface area contributed by atoms with Gasteiger partial charge in [-0.25, -0.2) is 0 Å². The minimum Gasteiger partial charge on any atom is -0.354 e. The number of carbonyl (C=O) groups is 2. The van der Waals surface area contributed by atoms with Crippen LogP contribution in [0.2, 0.25) is 0 Å². The van der Waals surface area contributed by atoms with Crippen LogP contribution in [0, 0.1) is 0 Å². The van der Waals surface area contributed by atoms with Crippen LogP contribution in [-0.2, 0) is 23.4 Å². The SMILES string of the molecule is CC.COP(/C=C/C1CNCC(N(C)/C=C\C(=O)NC=O)O1)OC. The van der Waals surface area contributed by atoms with Crippen LogP contribution < -0.4 is 10.6 Å². The number of amides is 2. The Kier molecular flexibility index (Phi) is 13.3. The van der Waals surface area contributed by atoms with Gasteiger partial charge in [-0.2, -0.15) is 0 Å². The minimum atomic E-state index is -1.03. The zero-order valence-electron chi connectivity index (χ0n) is 14.9. The summed E-state index contributed by atoms with van der Waals surface area (Å²) in [5.74, 6) is 1.37. The van der Waals surface area contributed by atoms with Crippen molar-refractivity contribution >= 4 is 20.7 Å². The van der Waals surface area contributed by atoms with E-state index in [2.05, 4.69) is 5.32 Å². The van der Waals surface area contributed by atoms with Gasteiger partial charge in [-0.1, -0.05) is 13.8 Å². The van der Waals surface area contributed by atoms with Crippen LogP contribution in [0.1, 0.15) is 13.8 Å². The van der Waals surface area contributed by atoms with E-state index in [-0.39, 0.29) is 12.3 Å². The molecule has 24 heavy (non-hydrogen) atoms. The minimum absolute atomic E-state index is 0.117. The fraction of sp³-hybridized carbons (Fsp3) is 0.600. The molecule has 0 radical (unpaired) electrons.